The fraction of sp³-hybridized carbons (Fsp3) is 0.750. The topological polar surface area (TPSA) is 78.2 Å². The summed E-state index contributed by atoms with van der Waals surface area (Å²) in [5.74, 6) is 0. The summed E-state index contributed by atoms with van der Waals surface area (Å²) < 4.78 is 28.3. The monoisotopic (exact) mass is 151 g/mol. The Bertz CT molecular complexity index is 194. The molecular formula is C4H9NO3S. The van der Waals surface area contributed by atoms with Crippen LogP contribution in [0.3, 0.4) is 0 Å². The Morgan fingerprint density at radius 1 is 1.67 bits per heavy atom. The Hall–Kier alpha value is -0.420. The molecule has 0 radical (unpaired) electrons. The van der Waals surface area contributed by atoms with Gasteiger partial charge in [0.05, 0.1) is 0 Å². The summed E-state index contributed by atoms with van der Waals surface area (Å²) in [6.07, 6.45) is 0.664. The van der Waals surface area contributed by atoms with Crippen LogP contribution in [0.15, 0.2) is 0 Å². The Balaban J connectivity index is 4.08. The van der Waals surface area contributed by atoms with E-state index >= 15 is 0 Å². The molecule has 0 aliphatic heterocycles. The van der Waals surface area contributed by atoms with Crippen molar-refractivity contribution >= 4 is 15.2 Å². The van der Waals surface area contributed by atoms with E-state index < -0.39 is 15.2 Å². The first kappa shape index (κ1) is 8.58. The second-order valence-electron chi connectivity index (χ2n) is 1.65. The van der Waals surface area contributed by atoms with Gasteiger partial charge < -0.3 is 0 Å². The van der Waals surface area contributed by atoms with Crippen LogP contribution >= 0.6 is 0 Å². The molecule has 0 heterocycles. The molecule has 0 aromatic heterocycles. The van der Waals surface area contributed by atoms with Crippen LogP contribution < -0.4 is 0 Å². The molecule has 0 rings (SSSR count). The molecule has 0 fully saturated rings. The van der Waals surface area contributed by atoms with E-state index in [-0.39, 0.29) is 6.42 Å². The van der Waals surface area contributed by atoms with Crippen LogP contribution in [0, 0.1) is 5.41 Å². The standard InChI is InChI=1S/C4H9NO3S/c1-2-3-4(5)9(6,7)8/h5H,2-3H2,1H3,(H,6,7,8). The van der Waals surface area contributed by atoms with Gasteiger partial charge >= 0.3 is 10.1 Å². The molecule has 2 N–H and O–H groups in total. The molecule has 0 saturated carbocycles. The fourth-order valence-electron chi connectivity index (χ4n) is 0.356. The maximum absolute atomic E-state index is 10.1. The van der Waals surface area contributed by atoms with Crippen molar-refractivity contribution in [2.45, 2.75) is 19.8 Å². The predicted molar refractivity (Wildman–Crippen MR) is 34.2 cm³/mol. The van der Waals surface area contributed by atoms with Gasteiger partial charge in [-0.1, -0.05) is 6.92 Å². The van der Waals surface area contributed by atoms with Gasteiger partial charge in [-0.15, -0.1) is 0 Å². The van der Waals surface area contributed by atoms with Crippen molar-refractivity contribution in [2.75, 3.05) is 0 Å². The van der Waals surface area contributed by atoms with Gasteiger partial charge in [0.15, 0.2) is 5.04 Å². The first-order valence-electron chi connectivity index (χ1n) is 2.53. The van der Waals surface area contributed by atoms with Crippen LogP contribution in [0.5, 0.6) is 0 Å². The minimum atomic E-state index is -4.18. The first-order valence-corrected chi connectivity index (χ1v) is 3.97. The molecule has 0 amide bonds. The molecule has 0 bridgehead atoms. The summed E-state index contributed by atoms with van der Waals surface area (Å²) in [6.45, 7) is 1.74. The highest BCUT2D eigenvalue weighted by Crippen LogP contribution is 1.95. The highest BCUT2D eigenvalue weighted by molar-refractivity contribution is 8.01. The number of hydrogen-bond donors (Lipinski definition) is 2. The zero-order valence-electron chi connectivity index (χ0n) is 5.09. The number of rotatable bonds is 2. The maximum atomic E-state index is 10.1. The van der Waals surface area contributed by atoms with Crippen LogP contribution in [-0.4, -0.2) is 18.0 Å². The van der Waals surface area contributed by atoms with Crippen molar-refractivity contribution in [3.8, 4) is 0 Å². The van der Waals surface area contributed by atoms with Gasteiger partial charge in [0.2, 0.25) is 0 Å². The molecule has 0 aliphatic rings. The van der Waals surface area contributed by atoms with Crippen molar-refractivity contribution in [2.24, 2.45) is 0 Å². The quantitative estimate of drug-likeness (QED) is 0.345. The summed E-state index contributed by atoms with van der Waals surface area (Å²) in [6, 6.07) is 0. The summed E-state index contributed by atoms with van der Waals surface area (Å²) in [7, 11) is -4.18. The zero-order valence-corrected chi connectivity index (χ0v) is 5.90. The van der Waals surface area contributed by atoms with Gasteiger partial charge in [0, 0.05) is 6.42 Å². The Morgan fingerprint density at radius 2 is 2.11 bits per heavy atom. The molecule has 0 spiro atoms. The lowest BCUT2D eigenvalue weighted by Crippen LogP contribution is -2.11. The third-order valence-electron chi connectivity index (χ3n) is 0.788. The van der Waals surface area contributed by atoms with Crippen molar-refractivity contribution < 1.29 is 13.0 Å². The van der Waals surface area contributed by atoms with E-state index in [0.717, 1.165) is 0 Å². The third-order valence-corrected chi connectivity index (χ3v) is 1.62. The Kier molecular flexibility index (Phi) is 2.80. The lowest BCUT2D eigenvalue weighted by atomic mass is 10.4. The van der Waals surface area contributed by atoms with Crippen molar-refractivity contribution in [3.63, 3.8) is 0 Å². The van der Waals surface area contributed by atoms with Gasteiger partial charge in [-0.05, 0) is 6.42 Å². The molecular weight excluding hydrogens is 142 g/mol. The third kappa shape index (κ3) is 3.21. The fourth-order valence-corrected chi connectivity index (χ4v) is 0.818. The van der Waals surface area contributed by atoms with Crippen LogP contribution in [0.25, 0.3) is 0 Å². The molecule has 5 heteroatoms. The largest absolute Gasteiger partial charge is 0.307 e. The van der Waals surface area contributed by atoms with Crippen LogP contribution in [0.1, 0.15) is 19.8 Å². The van der Waals surface area contributed by atoms with E-state index in [1.807, 2.05) is 0 Å². The molecule has 0 atom stereocenters. The van der Waals surface area contributed by atoms with E-state index in [1.54, 1.807) is 6.92 Å². The molecule has 0 aliphatic carbocycles. The summed E-state index contributed by atoms with van der Waals surface area (Å²) in [5.41, 5.74) is 0. The molecule has 0 aromatic rings. The molecule has 54 valence electrons. The average molecular weight is 151 g/mol. The van der Waals surface area contributed by atoms with Gasteiger partial charge in [0.25, 0.3) is 0 Å². The molecule has 4 nitrogen and oxygen atoms in total. The molecule has 9 heavy (non-hydrogen) atoms. The summed E-state index contributed by atoms with van der Waals surface area (Å²) in [5, 5.41) is 6.10. The van der Waals surface area contributed by atoms with Gasteiger partial charge in [-0.2, -0.15) is 8.42 Å². The van der Waals surface area contributed by atoms with Crippen molar-refractivity contribution in [3.05, 3.63) is 0 Å². The lowest BCUT2D eigenvalue weighted by Gasteiger charge is -1.93. The SMILES string of the molecule is CCCC(=N)S(=O)(=O)O. The highest BCUT2D eigenvalue weighted by Gasteiger charge is 2.10. The summed E-state index contributed by atoms with van der Waals surface area (Å²) in [4.78, 5) is 0. The van der Waals surface area contributed by atoms with Crippen molar-refractivity contribution in [1.29, 1.82) is 5.41 Å². The second-order valence-corrected chi connectivity index (χ2v) is 3.09. The van der Waals surface area contributed by atoms with E-state index in [9.17, 15) is 8.42 Å². The number of hydrogen-bond acceptors (Lipinski definition) is 3. The van der Waals surface area contributed by atoms with Gasteiger partial charge in [0.1, 0.15) is 0 Å². The highest BCUT2D eigenvalue weighted by atomic mass is 32.2. The van der Waals surface area contributed by atoms with E-state index in [0.29, 0.717) is 6.42 Å². The van der Waals surface area contributed by atoms with E-state index in [2.05, 4.69) is 0 Å². The number of nitrogens with one attached hydrogen (secondary N) is 1. The van der Waals surface area contributed by atoms with E-state index in [4.69, 9.17) is 9.96 Å². The van der Waals surface area contributed by atoms with Gasteiger partial charge in [-0.3, -0.25) is 9.96 Å². The average Bonchev–Trinajstić information content (AvgIpc) is 1.64. The van der Waals surface area contributed by atoms with E-state index in [1.165, 1.54) is 0 Å². The first-order chi connectivity index (χ1) is 3.98. The Morgan fingerprint density at radius 3 is 2.22 bits per heavy atom. The summed E-state index contributed by atoms with van der Waals surface area (Å²) >= 11 is 0. The second kappa shape index (κ2) is 2.93. The predicted octanol–water partition coefficient (Wildman–Crippen LogP) is 0.652. The normalized spacial score (nSPS) is 11.3. The van der Waals surface area contributed by atoms with Gasteiger partial charge in [-0.25, -0.2) is 0 Å². The molecule has 0 unspecified atom stereocenters. The van der Waals surface area contributed by atoms with Crippen LogP contribution in [0.4, 0.5) is 0 Å². The maximum Gasteiger partial charge on any atom is 0.307 e. The minimum absolute atomic E-state index is 0.110. The smallest absolute Gasteiger partial charge is 0.292 e. The zero-order chi connectivity index (χ0) is 7.49. The molecule has 0 aromatic carbocycles. The van der Waals surface area contributed by atoms with Crippen molar-refractivity contribution in [1.82, 2.24) is 0 Å². The van der Waals surface area contributed by atoms with Crippen LogP contribution in [-0.2, 0) is 10.1 Å². The lowest BCUT2D eigenvalue weighted by molar-refractivity contribution is 0.496. The molecule has 0 saturated heterocycles. The minimum Gasteiger partial charge on any atom is -0.292 e. The van der Waals surface area contributed by atoms with Crippen LogP contribution in [0.2, 0.25) is 0 Å². The Labute approximate surface area is 54.1 Å².